The highest BCUT2D eigenvalue weighted by Crippen LogP contribution is 2.28. The molecular weight excluding hydrogens is 292 g/mol. The maximum Gasteiger partial charge on any atom is 0.329 e. The van der Waals surface area contributed by atoms with E-state index in [4.69, 9.17) is 4.74 Å². The number of aromatic nitrogens is 1. The van der Waals surface area contributed by atoms with Crippen LogP contribution in [-0.2, 0) is 24.5 Å². The number of carbonyl (C=O) groups excluding carboxylic acids is 2. The fraction of sp³-hybridized carbons (Fsp3) is 0.500. The van der Waals surface area contributed by atoms with Gasteiger partial charge in [-0.2, -0.15) is 0 Å². The molecule has 0 aromatic carbocycles. The predicted octanol–water partition coefficient (Wildman–Crippen LogP) is 1.76. The second kappa shape index (κ2) is 6.08. The van der Waals surface area contributed by atoms with Crippen LogP contribution in [-0.4, -0.2) is 34.6 Å². The van der Waals surface area contributed by atoms with E-state index < -0.39 is 27.9 Å². The van der Waals surface area contributed by atoms with Gasteiger partial charge in [0.25, 0.3) is 5.69 Å². The molecule has 8 nitrogen and oxygen atoms in total. The summed E-state index contributed by atoms with van der Waals surface area (Å²) in [5.74, 6) is -1.70. The van der Waals surface area contributed by atoms with Crippen LogP contribution in [0.15, 0.2) is 18.3 Å². The predicted molar refractivity (Wildman–Crippen MR) is 76.1 cm³/mol. The van der Waals surface area contributed by atoms with Gasteiger partial charge in [-0.15, -0.1) is 0 Å². The molecule has 0 spiro atoms. The number of nitrogens with zero attached hydrogens (tertiary/aromatic N) is 2. The Morgan fingerprint density at radius 1 is 1.18 bits per heavy atom. The molecule has 1 atom stereocenters. The lowest BCUT2D eigenvalue weighted by molar-refractivity contribution is -0.385. The van der Waals surface area contributed by atoms with Crippen LogP contribution in [0.1, 0.15) is 33.4 Å². The fourth-order valence-electron chi connectivity index (χ4n) is 1.67. The molecule has 1 heterocycles. The molecule has 0 fully saturated rings. The van der Waals surface area contributed by atoms with E-state index in [1.165, 1.54) is 13.0 Å². The van der Waals surface area contributed by atoms with Crippen LogP contribution in [0.4, 0.5) is 5.69 Å². The van der Waals surface area contributed by atoms with Crippen LogP contribution < -0.4 is 0 Å². The lowest BCUT2D eigenvalue weighted by Gasteiger charge is -2.28. The van der Waals surface area contributed by atoms with Gasteiger partial charge >= 0.3 is 11.9 Å². The van der Waals surface area contributed by atoms with E-state index in [-0.39, 0.29) is 11.4 Å². The Bertz CT molecular complexity index is 590. The van der Waals surface area contributed by atoms with Crippen molar-refractivity contribution in [1.82, 2.24) is 4.98 Å². The lowest BCUT2D eigenvalue weighted by Crippen LogP contribution is -2.46. The minimum atomic E-state index is -1.81. The van der Waals surface area contributed by atoms with Crippen LogP contribution in [0, 0.1) is 10.1 Å². The standard InChI is InChI=1S/C14H18N2O6/c1-13(2,3)22-12(18)14(4,11(17)21-5)10-7-6-9(8-15-10)16(19)20/h6-8H,1-5H3. The Labute approximate surface area is 127 Å². The van der Waals surface area contributed by atoms with Crippen molar-refractivity contribution in [1.29, 1.82) is 0 Å². The Morgan fingerprint density at radius 3 is 2.14 bits per heavy atom. The van der Waals surface area contributed by atoms with Gasteiger partial charge in [0, 0.05) is 6.07 Å². The SMILES string of the molecule is COC(=O)C(C)(C(=O)OC(C)(C)C)c1ccc([N+](=O)[O-])cn1. The number of rotatable bonds is 4. The van der Waals surface area contributed by atoms with Crippen LogP contribution in [0.3, 0.4) is 0 Å². The zero-order valence-electron chi connectivity index (χ0n) is 13.1. The number of ether oxygens (including phenoxy) is 2. The van der Waals surface area contributed by atoms with Crippen LogP contribution >= 0.6 is 0 Å². The minimum Gasteiger partial charge on any atom is -0.468 e. The quantitative estimate of drug-likeness (QED) is 0.361. The van der Waals surface area contributed by atoms with Gasteiger partial charge in [-0.05, 0) is 33.8 Å². The molecule has 0 radical (unpaired) electrons. The molecule has 1 unspecified atom stereocenters. The van der Waals surface area contributed by atoms with Crippen molar-refractivity contribution in [3.63, 3.8) is 0 Å². The molecule has 1 rings (SSSR count). The smallest absolute Gasteiger partial charge is 0.329 e. The average Bonchev–Trinajstić information content (AvgIpc) is 2.43. The normalized spacial score (nSPS) is 13.9. The highest BCUT2D eigenvalue weighted by Gasteiger charge is 2.48. The summed E-state index contributed by atoms with van der Waals surface area (Å²) in [7, 11) is 1.14. The first-order valence-corrected chi connectivity index (χ1v) is 6.45. The zero-order valence-corrected chi connectivity index (χ0v) is 13.1. The van der Waals surface area contributed by atoms with Gasteiger partial charge in [-0.1, -0.05) is 0 Å². The first-order valence-electron chi connectivity index (χ1n) is 6.45. The highest BCUT2D eigenvalue weighted by atomic mass is 16.6. The largest absolute Gasteiger partial charge is 0.468 e. The van der Waals surface area contributed by atoms with Gasteiger partial charge in [0.2, 0.25) is 5.41 Å². The van der Waals surface area contributed by atoms with Crippen molar-refractivity contribution < 1.29 is 24.0 Å². The summed E-state index contributed by atoms with van der Waals surface area (Å²) < 4.78 is 9.91. The molecule has 0 aliphatic heterocycles. The van der Waals surface area contributed by atoms with E-state index in [1.807, 2.05) is 0 Å². The molecule has 0 aliphatic carbocycles. The molecular formula is C14H18N2O6. The van der Waals surface area contributed by atoms with Gasteiger partial charge in [0.05, 0.1) is 17.7 Å². The van der Waals surface area contributed by atoms with Gasteiger partial charge < -0.3 is 9.47 Å². The summed E-state index contributed by atoms with van der Waals surface area (Å²) in [5, 5.41) is 10.7. The van der Waals surface area contributed by atoms with Crippen LogP contribution in [0.25, 0.3) is 0 Å². The van der Waals surface area contributed by atoms with Crippen molar-refractivity contribution in [2.24, 2.45) is 0 Å². The second-order valence-corrected chi connectivity index (χ2v) is 5.78. The third-order valence-electron chi connectivity index (χ3n) is 2.87. The summed E-state index contributed by atoms with van der Waals surface area (Å²) in [6.07, 6.45) is 0.973. The van der Waals surface area contributed by atoms with Gasteiger partial charge in [0.1, 0.15) is 11.8 Å². The van der Waals surface area contributed by atoms with E-state index in [9.17, 15) is 19.7 Å². The Morgan fingerprint density at radius 2 is 1.77 bits per heavy atom. The molecule has 22 heavy (non-hydrogen) atoms. The molecule has 8 heteroatoms. The van der Waals surface area contributed by atoms with Gasteiger partial charge in [-0.3, -0.25) is 24.7 Å². The molecule has 0 amide bonds. The number of hydrogen-bond acceptors (Lipinski definition) is 7. The van der Waals surface area contributed by atoms with E-state index in [1.54, 1.807) is 20.8 Å². The molecule has 0 bridgehead atoms. The van der Waals surface area contributed by atoms with Gasteiger partial charge in [-0.25, -0.2) is 0 Å². The van der Waals surface area contributed by atoms with Crippen LogP contribution in [0.2, 0.25) is 0 Å². The molecule has 0 saturated carbocycles. The van der Waals surface area contributed by atoms with E-state index >= 15 is 0 Å². The van der Waals surface area contributed by atoms with E-state index in [2.05, 4.69) is 9.72 Å². The zero-order chi connectivity index (χ0) is 17.1. The number of esters is 2. The van der Waals surface area contributed by atoms with Crippen molar-refractivity contribution in [3.8, 4) is 0 Å². The Kier molecular flexibility index (Phi) is 4.85. The third kappa shape index (κ3) is 3.57. The van der Waals surface area contributed by atoms with Crippen molar-refractivity contribution in [2.45, 2.75) is 38.7 Å². The Hall–Kier alpha value is -2.51. The number of hydrogen-bond donors (Lipinski definition) is 0. The summed E-state index contributed by atoms with van der Waals surface area (Å²) in [4.78, 5) is 38.4. The number of carbonyl (C=O) groups is 2. The molecule has 0 aliphatic rings. The monoisotopic (exact) mass is 310 g/mol. The molecule has 1 aromatic heterocycles. The molecule has 120 valence electrons. The van der Waals surface area contributed by atoms with Gasteiger partial charge in [0.15, 0.2) is 0 Å². The molecule has 0 N–H and O–H groups in total. The Balaban J connectivity index is 3.30. The van der Waals surface area contributed by atoms with Crippen molar-refractivity contribution >= 4 is 17.6 Å². The number of methoxy groups -OCH3 is 1. The number of pyridine rings is 1. The minimum absolute atomic E-state index is 0.0131. The maximum absolute atomic E-state index is 12.4. The molecule has 0 saturated heterocycles. The van der Waals surface area contributed by atoms with Crippen molar-refractivity contribution in [3.05, 3.63) is 34.1 Å². The summed E-state index contributed by atoms with van der Waals surface area (Å²) in [5.41, 5.74) is -2.86. The van der Waals surface area contributed by atoms with E-state index in [0.717, 1.165) is 19.4 Å². The fourth-order valence-corrected chi connectivity index (χ4v) is 1.67. The topological polar surface area (TPSA) is 109 Å². The first-order chi connectivity index (χ1) is 10.0. The maximum atomic E-state index is 12.4. The summed E-state index contributed by atoms with van der Waals surface area (Å²) in [6, 6.07) is 2.40. The average molecular weight is 310 g/mol. The third-order valence-corrected chi connectivity index (χ3v) is 2.87. The summed E-state index contributed by atoms with van der Waals surface area (Å²) >= 11 is 0. The van der Waals surface area contributed by atoms with E-state index in [0.29, 0.717) is 0 Å². The van der Waals surface area contributed by atoms with Crippen LogP contribution in [0.5, 0.6) is 0 Å². The highest BCUT2D eigenvalue weighted by molar-refractivity contribution is 6.05. The lowest BCUT2D eigenvalue weighted by atomic mass is 9.86. The summed E-state index contributed by atoms with van der Waals surface area (Å²) in [6.45, 7) is 6.28. The molecule has 1 aromatic rings. The first kappa shape index (κ1) is 17.5. The van der Waals surface area contributed by atoms with Crippen molar-refractivity contribution in [2.75, 3.05) is 7.11 Å². The number of nitro groups is 1. The second-order valence-electron chi connectivity index (χ2n) is 5.78.